The summed E-state index contributed by atoms with van der Waals surface area (Å²) >= 11 is 0. The van der Waals surface area contributed by atoms with E-state index in [1.165, 1.54) is 12.4 Å². The lowest BCUT2D eigenvalue weighted by molar-refractivity contribution is -0.605. The van der Waals surface area contributed by atoms with E-state index in [4.69, 9.17) is 9.90 Å². The average Bonchev–Trinajstić information content (AvgIpc) is 1.87. The number of carboxylic acid groups (broad SMARTS) is 1. The molecule has 0 aliphatic carbocycles. The molecule has 0 amide bonds. The second-order valence-electron chi connectivity index (χ2n) is 1.75. The zero-order valence-corrected chi connectivity index (χ0v) is 6.10. The fraction of sp³-hybridized carbons (Fsp3) is 0.143. The number of nitrogens with zero attached hydrogens (tertiary/aromatic N) is 1. The molecule has 0 aliphatic rings. The molecule has 0 saturated heterocycles. The van der Waals surface area contributed by atoms with Crippen LogP contribution in [0, 0.1) is 5.21 Å². The zero-order chi connectivity index (χ0) is 8.69. The SMILES string of the molecule is CC(=O)O.[O-][n+]1ccccc1. The minimum absolute atomic E-state index is 0.750. The van der Waals surface area contributed by atoms with Crippen molar-refractivity contribution in [3.63, 3.8) is 0 Å². The average molecular weight is 155 g/mol. The van der Waals surface area contributed by atoms with Gasteiger partial charge in [0.1, 0.15) is 0 Å². The van der Waals surface area contributed by atoms with E-state index in [1.54, 1.807) is 18.2 Å². The topological polar surface area (TPSA) is 64.2 Å². The summed E-state index contributed by atoms with van der Waals surface area (Å²) in [5.74, 6) is -0.833. The van der Waals surface area contributed by atoms with Gasteiger partial charge >= 0.3 is 0 Å². The van der Waals surface area contributed by atoms with Gasteiger partial charge in [-0.3, -0.25) is 4.79 Å². The molecule has 1 aromatic heterocycles. The molecule has 0 aromatic carbocycles. The van der Waals surface area contributed by atoms with E-state index in [1.807, 2.05) is 0 Å². The summed E-state index contributed by atoms with van der Waals surface area (Å²) in [7, 11) is 0. The molecule has 0 saturated carbocycles. The van der Waals surface area contributed by atoms with Gasteiger partial charge in [-0.2, -0.15) is 4.73 Å². The highest BCUT2D eigenvalue weighted by atomic mass is 16.5. The standard InChI is InChI=1S/C5H5NO.C2H4O2/c7-6-4-2-1-3-5-6;1-2(3)4/h1-5H;1H3,(H,3,4). The van der Waals surface area contributed by atoms with Crippen LogP contribution in [-0.2, 0) is 4.79 Å². The number of aromatic nitrogens is 1. The van der Waals surface area contributed by atoms with E-state index < -0.39 is 5.97 Å². The van der Waals surface area contributed by atoms with Gasteiger partial charge in [-0.15, -0.1) is 0 Å². The lowest BCUT2D eigenvalue weighted by atomic mass is 10.5. The number of pyridine rings is 1. The second kappa shape index (κ2) is 5.22. The normalized spacial score (nSPS) is 7.73. The molecule has 0 aliphatic heterocycles. The third-order valence-corrected chi connectivity index (χ3v) is 0.688. The van der Waals surface area contributed by atoms with Crippen LogP contribution >= 0.6 is 0 Å². The maximum Gasteiger partial charge on any atom is 0.300 e. The maximum atomic E-state index is 10.2. The van der Waals surface area contributed by atoms with Crippen LogP contribution in [0.1, 0.15) is 6.92 Å². The Morgan fingerprint density at radius 3 is 1.91 bits per heavy atom. The number of aliphatic carboxylic acids is 1. The molecule has 0 spiro atoms. The first-order chi connectivity index (χ1) is 5.13. The zero-order valence-electron chi connectivity index (χ0n) is 6.10. The minimum atomic E-state index is -0.833. The lowest BCUT2D eigenvalue weighted by Gasteiger charge is -1.88. The van der Waals surface area contributed by atoms with Crippen molar-refractivity contribution in [2.75, 3.05) is 0 Å². The molecule has 4 heteroatoms. The van der Waals surface area contributed by atoms with Crippen LogP contribution in [0.15, 0.2) is 30.6 Å². The summed E-state index contributed by atoms with van der Waals surface area (Å²) in [5, 5.41) is 17.6. The predicted molar refractivity (Wildman–Crippen MR) is 38.7 cm³/mol. The maximum absolute atomic E-state index is 10.2. The largest absolute Gasteiger partial charge is 0.619 e. The van der Waals surface area contributed by atoms with E-state index in [9.17, 15) is 5.21 Å². The lowest BCUT2D eigenvalue weighted by Crippen LogP contribution is -2.22. The van der Waals surface area contributed by atoms with Gasteiger partial charge in [0.25, 0.3) is 5.97 Å². The van der Waals surface area contributed by atoms with Gasteiger partial charge in [0.05, 0.1) is 0 Å². The molecule has 1 heterocycles. The van der Waals surface area contributed by atoms with Crippen molar-refractivity contribution in [2.24, 2.45) is 0 Å². The van der Waals surface area contributed by atoms with Crippen LogP contribution in [-0.4, -0.2) is 11.1 Å². The summed E-state index contributed by atoms with van der Waals surface area (Å²) in [6, 6.07) is 5.18. The number of hydrogen-bond acceptors (Lipinski definition) is 2. The molecule has 0 unspecified atom stereocenters. The molecule has 0 radical (unpaired) electrons. The molecule has 1 rings (SSSR count). The molecule has 1 aromatic rings. The Bertz CT molecular complexity index is 206. The fourth-order valence-corrected chi connectivity index (χ4v) is 0.383. The van der Waals surface area contributed by atoms with Crippen molar-refractivity contribution in [1.82, 2.24) is 0 Å². The van der Waals surface area contributed by atoms with Crippen molar-refractivity contribution in [3.05, 3.63) is 35.8 Å². The van der Waals surface area contributed by atoms with Gasteiger partial charge in [0.15, 0.2) is 12.4 Å². The first-order valence-electron chi connectivity index (χ1n) is 2.96. The Labute approximate surface area is 64.3 Å². The summed E-state index contributed by atoms with van der Waals surface area (Å²) in [6.45, 7) is 1.08. The quantitative estimate of drug-likeness (QED) is 0.436. The van der Waals surface area contributed by atoms with Crippen LogP contribution in [0.4, 0.5) is 0 Å². The Morgan fingerprint density at radius 2 is 1.73 bits per heavy atom. The van der Waals surface area contributed by atoms with Gasteiger partial charge in [-0.05, 0) is 0 Å². The van der Waals surface area contributed by atoms with Crippen LogP contribution < -0.4 is 4.73 Å². The van der Waals surface area contributed by atoms with Crippen molar-refractivity contribution < 1.29 is 14.6 Å². The van der Waals surface area contributed by atoms with Crippen LogP contribution in [0.25, 0.3) is 0 Å². The summed E-state index contributed by atoms with van der Waals surface area (Å²) < 4.78 is 0.750. The van der Waals surface area contributed by atoms with Crippen LogP contribution in [0.2, 0.25) is 0 Å². The van der Waals surface area contributed by atoms with Gasteiger partial charge in [0.2, 0.25) is 0 Å². The smallest absolute Gasteiger partial charge is 0.300 e. The predicted octanol–water partition coefficient (Wildman–Crippen LogP) is 0.411. The molecular formula is C7H9NO3. The van der Waals surface area contributed by atoms with E-state index in [-0.39, 0.29) is 0 Å². The Morgan fingerprint density at radius 1 is 1.36 bits per heavy atom. The highest BCUT2D eigenvalue weighted by molar-refractivity contribution is 5.62. The van der Waals surface area contributed by atoms with E-state index in [2.05, 4.69) is 0 Å². The second-order valence-corrected chi connectivity index (χ2v) is 1.75. The van der Waals surface area contributed by atoms with E-state index in [0.717, 1.165) is 11.7 Å². The number of carbonyl (C=O) groups is 1. The van der Waals surface area contributed by atoms with Gasteiger partial charge in [-0.1, -0.05) is 6.07 Å². The molecule has 0 bridgehead atoms. The fourth-order valence-electron chi connectivity index (χ4n) is 0.383. The molecular weight excluding hydrogens is 146 g/mol. The first kappa shape index (κ1) is 9.42. The first-order valence-corrected chi connectivity index (χ1v) is 2.96. The van der Waals surface area contributed by atoms with Crippen molar-refractivity contribution in [1.29, 1.82) is 0 Å². The van der Waals surface area contributed by atoms with Crippen molar-refractivity contribution in [3.8, 4) is 0 Å². The van der Waals surface area contributed by atoms with Crippen molar-refractivity contribution in [2.45, 2.75) is 6.92 Å². The molecule has 4 nitrogen and oxygen atoms in total. The van der Waals surface area contributed by atoms with E-state index >= 15 is 0 Å². The summed E-state index contributed by atoms with van der Waals surface area (Å²) in [5.41, 5.74) is 0. The number of hydrogen-bond donors (Lipinski definition) is 1. The molecule has 0 fully saturated rings. The number of rotatable bonds is 0. The third-order valence-electron chi connectivity index (χ3n) is 0.688. The summed E-state index contributed by atoms with van der Waals surface area (Å²) in [6.07, 6.45) is 2.89. The van der Waals surface area contributed by atoms with Crippen molar-refractivity contribution >= 4 is 5.97 Å². The Kier molecular flexibility index (Phi) is 4.47. The monoisotopic (exact) mass is 155 g/mol. The molecule has 60 valence electrons. The third kappa shape index (κ3) is 8.42. The summed E-state index contributed by atoms with van der Waals surface area (Å²) in [4.78, 5) is 9.00. The van der Waals surface area contributed by atoms with Crippen LogP contribution in [0.3, 0.4) is 0 Å². The molecule has 0 atom stereocenters. The Balaban J connectivity index is 0.000000218. The molecule has 1 N–H and O–H groups in total. The van der Waals surface area contributed by atoms with Gasteiger partial charge in [-0.25, -0.2) is 0 Å². The van der Waals surface area contributed by atoms with Gasteiger partial charge in [0, 0.05) is 19.1 Å². The highest BCUT2D eigenvalue weighted by Gasteiger charge is 1.75. The van der Waals surface area contributed by atoms with E-state index in [0.29, 0.717) is 0 Å². The minimum Gasteiger partial charge on any atom is -0.619 e. The number of carboxylic acids is 1. The highest BCUT2D eigenvalue weighted by Crippen LogP contribution is 1.72. The Hall–Kier alpha value is -1.58. The van der Waals surface area contributed by atoms with Gasteiger partial charge < -0.3 is 10.3 Å². The molecule has 11 heavy (non-hydrogen) atoms. The van der Waals surface area contributed by atoms with Crippen LogP contribution in [0.5, 0.6) is 0 Å².